The number of rotatable bonds is 5. The Morgan fingerprint density at radius 1 is 1.17 bits per heavy atom. The molecule has 0 bridgehead atoms. The fourth-order valence-electron chi connectivity index (χ4n) is 3.51. The third-order valence-corrected chi connectivity index (χ3v) is 5.60. The lowest BCUT2D eigenvalue weighted by Crippen LogP contribution is -2.46. The molecule has 2 aromatic carbocycles. The summed E-state index contributed by atoms with van der Waals surface area (Å²) in [6.07, 6.45) is 0.933. The van der Waals surface area contributed by atoms with Gasteiger partial charge in [-0.1, -0.05) is 35.8 Å². The zero-order valence-electron chi connectivity index (χ0n) is 16.5. The summed E-state index contributed by atoms with van der Waals surface area (Å²) >= 11 is 11.7. The van der Waals surface area contributed by atoms with Crippen LogP contribution in [0.2, 0.25) is 5.02 Å². The zero-order valence-corrected chi connectivity index (χ0v) is 18.1. The first kappa shape index (κ1) is 20.5. The van der Waals surface area contributed by atoms with E-state index in [0.717, 1.165) is 29.8 Å². The third kappa shape index (κ3) is 3.95. The van der Waals surface area contributed by atoms with E-state index in [2.05, 4.69) is 22.4 Å². The Kier molecular flexibility index (Phi) is 5.83. The van der Waals surface area contributed by atoms with Gasteiger partial charge in [-0.3, -0.25) is 0 Å². The van der Waals surface area contributed by atoms with Crippen LogP contribution in [0, 0.1) is 5.82 Å². The van der Waals surface area contributed by atoms with Crippen LogP contribution >= 0.6 is 23.8 Å². The van der Waals surface area contributed by atoms with E-state index in [9.17, 15) is 4.39 Å². The van der Waals surface area contributed by atoms with E-state index >= 15 is 0 Å². The van der Waals surface area contributed by atoms with Crippen molar-refractivity contribution in [2.24, 2.45) is 0 Å². The summed E-state index contributed by atoms with van der Waals surface area (Å²) in [6, 6.07) is 13.3. The largest absolute Gasteiger partial charge is 0.351 e. The number of hydrogen-bond acceptors (Lipinski definition) is 4. The van der Waals surface area contributed by atoms with Crippen molar-refractivity contribution in [3.05, 3.63) is 76.5 Å². The van der Waals surface area contributed by atoms with Crippen LogP contribution in [0.1, 0.15) is 37.8 Å². The van der Waals surface area contributed by atoms with Crippen LogP contribution in [0.3, 0.4) is 0 Å². The third-order valence-electron chi connectivity index (χ3n) is 5.01. The second-order valence-corrected chi connectivity index (χ2v) is 7.84. The molecule has 1 atom stereocenters. The Hall–Kier alpha value is -2.77. The first-order chi connectivity index (χ1) is 14.5. The summed E-state index contributed by atoms with van der Waals surface area (Å²) < 4.78 is 18.9. The summed E-state index contributed by atoms with van der Waals surface area (Å²) in [7, 11) is 0. The molecule has 0 radical (unpaired) electrons. The maximum Gasteiger partial charge on any atom is 0.258 e. The van der Waals surface area contributed by atoms with Crippen molar-refractivity contribution in [2.75, 3.05) is 6.54 Å². The number of nitrogens with zero attached hydrogens (tertiary/aromatic N) is 3. The number of hydrogen-bond donors (Lipinski definition) is 1. The highest BCUT2D eigenvalue weighted by Crippen LogP contribution is 2.37. The Labute approximate surface area is 184 Å². The molecule has 5 nitrogen and oxygen atoms in total. The van der Waals surface area contributed by atoms with Gasteiger partial charge in [0.15, 0.2) is 5.11 Å². The van der Waals surface area contributed by atoms with Crippen LogP contribution in [0.25, 0.3) is 17.0 Å². The van der Waals surface area contributed by atoms with Crippen molar-refractivity contribution < 1.29 is 8.91 Å². The molecule has 1 N–H and O–H groups in total. The van der Waals surface area contributed by atoms with Crippen molar-refractivity contribution >= 4 is 34.5 Å². The fraction of sp³-hybridized carbons (Fsp3) is 0.227. The van der Waals surface area contributed by atoms with Gasteiger partial charge in [-0.2, -0.15) is 4.98 Å². The average Bonchev–Trinajstić information content (AvgIpc) is 3.21. The summed E-state index contributed by atoms with van der Waals surface area (Å²) in [4.78, 5) is 6.64. The van der Waals surface area contributed by atoms with E-state index in [4.69, 9.17) is 28.3 Å². The summed E-state index contributed by atoms with van der Waals surface area (Å²) in [5.41, 5.74) is 3.46. The lowest BCUT2D eigenvalue weighted by molar-refractivity contribution is 0.396. The van der Waals surface area contributed by atoms with Crippen LogP contribution in [-0.4, -0.2) is 26.7 Å². The second kappa shape index (κ2) is 8.53. The fourth-order valence-corrected chi connectivity index (χ4v) is 3.98. The number of halogens is 2. The molecule has 2 heterocycles. The molecule has 0 fully saturated rings. The predicted molar refractivity (Wildman–Crippen MR) is 119 cm³/mol. The molecule has 0 spiro atoms. The van der Waals surface area contributed by atoms with E-state index in [1.165, 1.54) is 12.1 Å². The van der Waals surface area contributed by atoms with Crippen LogP contribution in [-0.2, 0) is 0 Å². The molecular weight excluding hydrogens is 423 g/mol. The van der Waals surface area contributed by atoms with Gasteiger partial charge in [0.2, 0.25) is 5.82 Å². The molecule has 0 saturated heterocycles. The standard InChI is InChI=1S/C22H20ClFN4OS/c1-3-12-28-13(2)18(19(25-22(28)30)14-4-8-16(23)9-5-14)21-26-20(27-29-21)15-6-10-17(24)11-7-15/h4-11,19H,3,12H2,1-2H3,(H,25,30). The Morgan fingerprint density at radius 2 is 1.87 bits per heavy atom. The van der Waals surface area contributed by atoms with E-state index in [-0.39, 0.29) is 11.9 Å². The Bertz CT molecular complexity index is 1100. The minimum absolute atomic E-state index is 0.260. The van der Waals surface area contributed by atoms with Crippen LogP contribution in [0.5, 0.6) is 0 Å². The summed E-state index contributed by atoms with van der Waals surface area (Å²) in [5, 5.41) is 8.82. The molecule has 30 heavy (non-hydrogen) atoms. The van der Waals surface area contributed by atoms with Crippen molar-refractivity contribution in [2.45, 2.75) is 26.3 Å². The summed E-state index contributed by atoms with van der Waals surface area (Å²) in [5.74, 6) is 0.474. The number of thiocarbonyl (C=S) groups is 1. The number of aromatic nitrogens is 2. The van der Waals surface area contributed by atoms with E-state index in [1.807, 2.05) is 36.1 Å². The van der Waals surface area contributed by atoms with Gasteiger partial charge in [0.25, 0.3) is 5.89 Å². The number of allylic oxidation sites excluding steroid dienone is 1. The highest BCUT2D eigenvalue weighted by molar-refractivity contribution is 7.80. The highest BCUT2D eigenvalue weighted by atomic mass is 35.5. The van der Waals surface area contributed by atoms with Crippen LogP contribution in [0.4, 0.5) is 4.39 Å². The van der Waals surface area contributed by atoms with E-state index < -0.39 is 0 Å². The monoisotopic (exact) mass is 442 g/mol. The molecule has 1 unspecified atom stereocenters. The molecule has 1 aromatic heterocycles. The van der Waals surface area contributed by atoms with Gasteiger partial charge in [0.1, 0.15) is 5.82 Å². The Balaban J connectivity index is 1.80. The topological polar surface area (TPSA) is 54.2 Å². The average molecular weight is 443 g/mol. The van der Waals surface area contributed by atoms with Crippen molar-refractivity contribution in [1.29, 1.82) is 0 Å². The molecule has 0 saturated carbocycles. The lowest BCUT2D eigenvalue weighted by atomic mass is 9.95. The van der Waals surface area contributed by atoms with Gasteiger partial charge >= 0.3 is 0 Å². The number of nitrogens with one attached hydrogen (secondary N) is 1. The summed E-state index contributed by atoms with van der Waals surface area (Å²) in [6.45, 7) is 4.87. The van der Waals surface area contributed by atoms with Crippen molar-refractivity contribution in [1.82, 2.24) is 20.4 Å². The first-order valence-electron chi connectivity index (χ1n) is 9.62. The predicted octanol–water partition coefficient (Wildman–Crippen LogP) is 5.60. The maximum absolute atomic E-state index is 13.3. The SMILES string of the molecule is CCCN1C(=S)NC(c2ccc(Cl)cc2)C(c2nc(-c3ccc(F)cc3)no2)=C1C. The van der Waals surface area contributed by atoms with E-state index in [0.29, 0.717) is 27.4 Å². The van der Waals surface area contributed by atoms with Gasteiger partial charge in [-0.05, 0) is 67.5 Å². The quantitative estimate of drug-likeness (QED) is 0.519. The Morgan fingerprint density at radius 3 is 2.53 bits per heavy atom. The van der Waals surface area contributed by atoms with Gasteiger partial charge in [-0.15, -0.1) is 0 Å². The lowest BCUT2D eigenvalue weighted by Gasteiger charge is -2.37. The smallest absolute Gasteiger partial charge is 0.258 e. The molecule has 1 aliphatic heterocycles. The maximum atomic E-state index is 13.3. The van der Waals surface area contributed by atoms with Crippen LogP contribution < -0.4 is 5.32 Å². The zero-order chi connectivity index (χ0) is 21.3. The van der Waals surface area contributed by atoms with Crippen molar-refractivity contribution in [3.63, 3.8) is 0 Å². The molecule has 0 aliphatic carbocycles. The second-order valence-electron chi connectivity index (χ2n) is 7.01. The molecule has 1 aliphatic rings. The van der Waals surface area contributed by atoms with Gasteiger partial charge in [-0.25, -0.2) is 4.39 Å². The van der Waals surface area contributed by atoms with E-state index in [1.54, 1.807) is 12.1 Å². The van der Waals surface area contributed by atoms with Gasteiger partial charge in [0, 0.05) is 22.8 Å². The minimum atomic E-state index is -0.316. The minimum Gasteiger partial charge on any atom is -0.351 e. The van der Waals surface area contributed by atoms with Gasteiger partial charge < -0.3 is 14.7 Å². The molecule has 8 heteroatoms. The number of benzene rings is 2. The van der Waals surface area contributed by atoms with Crippen molar-refractivity contribution in [3.8, 4) is 11.4 Å². The van der Waals surface area contributed by atoms with Crippen LogP contribution in [0.15, 0.2) is 58.8 Å². The molecule has 3 aromatic rings. The van der Waals surface area contributed by atoms with Gasteiger partial charge in [0.05, 0.1) is 11.6 Å². The molecule has 0 amide bonds. The first-order valence-corrected chi connectivity index (χ1v) is 10.4. The molecular formula is C22H20ClFN4OS. The molecule has 154 valence electrons. The molecule has 4 rings (SSSR count). The normalized spacial score (nSPS) is 16.7. The highest BCUT2D eigenvalue weighted by Gasteiger charge is 2.33.